The molecule has 0 aliphatic heterocycles. The second-order valence-corrected chi connectivity index (χ2v) is 12.0. The number of benzene rings is 2. The van der Waals surface area contributed by atoms with Crippen LogP contribution in [0.15, 0.2) is 54.6 Å². The Bertz CT molecular complexity index is 818. The largest absolute Gasteiger partial charge is 0.492 e. The van der Waals surface area contributed by atoms with E-state index >= 15 is 0 Å². The van der Waals surface area contributed by atoms with E-state index < -0.39 is 9.04 Å². The fourth-order valence-electron chi connectivity index (χ4n) is 3.79. The van der Waals surface area contributed by atoms with Crippen LogP contribution < -0.4 is 10.1 Å². The fraction of sp³-hybridized carbons (Fsp3) is 0.500. The topological polar surface area (TPSA) is 56.8 Å². The molecule has 1 unspecified atom stereocenters. The van der Waals surface area contributed by atoms with E-state index in [4.69, 9.17) is 13.9 Å². The van der Waals surface area contributed by atoms with E-state index in [0.717, 1.165) is 11.3 Å². The van der Waals surface area contributed by atoms with Crippen molar-refractivity contribution in [2.45, 2.75) is 65.4 Å². The van der Waals surface area contributed by atoms with Gasteiger partial charge in [-0.2, -0.15) is 0 Å². The summed E-state index contributed by atoms with van der Waals surface area (Å²) in [5.74, 6) is 0.736. The predicted molar refractivity (Wildman–Crippen MR) is 133 cm³/mol. The predicted octanol–water partition coefficient (Wildman–Crippen LogP) is 4.92. The minimum atomic E-state index is -1.28. The number of nitrogens with one attached hydrogen (secondary N) is 1. The van der Waals surface area contributed by atoms with Crippen molar-refractivity contribution < 1.29 is 18.7 Å². The maximum atomic E-state index is 11.4. The summed E-state index contributed by atoms with van der Waals surface area (Å²) in [6.07, 6.45) is 0.172. The van der Waals surface area contributed by atoms with Crippen molar-refractivity contribution in [3.05, 3.63) is 65.7 Å². The van der Waals surface area contributed by atoms with E-state index in [-0.39, 0.29) is 36.0 Å². The Morgan fingerprint density at radius 2 is 1.66 bits per heavy atom. The molecule has 176 valence electrons. The highest BCUT2D eigenvalue weighted by Crippen LogP contribution is 2.38. The van der Waals surface area contributed by atoms with Crippen molar-refractivity contribution in [1.29, 1.82) is 0 Å². The van der Waals surface area contributed by atoms with Gasteiger partial charge in [0.15, 0.2) is 9.04 Å². The second kappa shape index (κ2) is 12.2. The summed E-state index contributed by atoms with van der Waals surface area (Å²) >= 11 is 0. The highest BCUT2D eigenvalue weighted by atomic mass is 28.3. The molecule has 0 saturated heterocycles. The van der Waals surface area contributed by atoms with Crippen molar-refractivity contribution >= 4 is 15.0 Å². The van der Waals surface area contributed by atoms with Crippen LogP contribution >= 0.6 is 0 Å². The van der Waals surface area contributed by atoms with Crippen LogP contribution in [0.25, 0.3) is 0 Å². The lowest BCUT2D eigenvalue weighted by molar-refractivity contribution is -0.139. The molecule has 0 heterocycles. The number of hydrogen-bond donors (Lipinski definition) is 1. The molecule has 0 aromatic heterocycles. The van der Waals surface area contributed by atoms with Crippen molar-refractivity contribution in [3.63, 3.8) is 0 Å². The molecule has 0 radical (unpaired) electrons. The van der Waals surface area contributed by atoms with Gasteiger partial charge in [-0.15, -0.1) is 0 Å². The van der Waals surface area contributed by atoms with Gasteiger partial charge in [-0.1, -0.05) is 63.2 Å². The van der Waals surface area contributed by atoms with Crippen LogP contribution in [0.3, 0.4) is 0 Å². The van der Waals surface area contributed by atoms with Gasteiger partial charge in [0.25, 0.3) is 0 Å². The van der Waals surface area contributed by atoms with Crippen LogP contribution in [0.5, 0.6) is 5.75 Å². The Labute approximate surface area is 195 Å². The van der Waals surface area contributed by atoms with E-state index in [2.05, 4.69) is 76.4 Å². The Morgan fingerprint density at radius 3 is 2.19 bits per heavy atom. The molecule has 2 aromatic carbocycles. The van der Waals surface area contributed by atoms with Crippen LogP contribution in [-0.4, -0.2) is 41.0 Å². The van der Waals surface area contributed by atoms with Crippen LogP contribution in [0, 0.1) is 5.41 Å². The molecule has 32 heavy (non-hydrogen) atoms. The summed E-state index contributed by atoms with van der Waals surface area (Å²) in [5, 5.41) is 3.70. The third-order valence-corrected chi connectivity index (χ3v) is 6.10. The number of hydrogen-bond acceptors (Lipinski definition) is 5. The van der Waals surface area contributed by atoms with Crippen LogP contribution in [-0.2, 0) is 20.4 Å². The van der Waals surface area contributed by atoms with Gasteiger partial charge in [0, 0.05) is 12.0 Å². The summed E-state index contributed by atoms with van der Waals surface area (Å²) < 4.78 is 17.2. The SMILES string of the molecule is COC(=O)Cc1ccc(OC[C@H](C)NC(O[SiH](C)C)[C@H](c2ccccc2)C(C)(C)C)cc1. The third-order valence-electron chi connectivity index (χ3n) is 5.26. The highest BCUT2D eigenvalue weighted by Gasteiger charge is 2.35. The minimum absolute atomic E-state index is 0.0261. The zero-order valence-corrected chi connectivity index (χ0v) is 21.7. The summed E-state index contributed by atoms with van der Waals surface area (Å²) in [6, 6.07) is 18.3. The zero-order chi connectivity index (χ0) is 23.7. The molecule has 0 spiro atoms. The number of methoxy groups -OCH3 is 1. The van der Waals surface area contributed by atoms with Gasteiger partial charge in [-0.3, -0.25) is 10.1 Å². The van der Waals surface area contributed by atoms with Crippen molar-refractivity contribution in [2.75, 3.05) is 13.7 Å². The van der Waals surface area contributed by atoms with E-state index in [9.17, 15) is 4.79 Å². The number of ether oxygens (including phenoxy) is 2. The molecule has 2 rings (SSSR count). The third kappa shape index (κ3) is 8.41. The maximum absolute atomic E-state index is 11.4. The second-order valence-electron chi connectivity index (χ2n) is 9.64. The van der Waals surface area contributed by atoms with Gasteiger partial charge >= 0.3 is 5.97 Å². The van der Waals surface area contributed by atoms with Crippen LogP contribution in [0.1, 0.15) is 44.7 Å². The zero-order valence-electron chi connectivity index (χ0n) is 20.6. The molecule has 2 aromatic rings. The van der Waals surface area contributed by atoms with Gasteiger partial charge in [-0.25, -0.2) is 0 Å². The highest BCUT2D eigenvalue weighted by molar-refractivity contribution is 6.48. The molecule has 6 heteroatoms. The Hall–Kier alpha value is -2.15. The van der Waals surface area contributed by atoms with Crippen LogP contribution in [0.2, 0.25) is 13.1 Å². The molecule has 5 nitrogen and oxygen atoms in total. The van der Waals surface area contributed by atoms with E-state index in [1.54, 1.807) is 0 Å². The van der Waals surface area contributed by atoms with Gasteiger partial charge in [0.05, 0.1) is 13.5 Å². The number of carbonyl (C=O) groups excluding carboxylic acids is 1. The fourth-order valence-corrected chi connectivity index (χ4v) is 4.61. The number of carbonyl (C=O) groups is 1. The van der Waals surface area contributed by atoms with Gasteiger partial charge in [0.1, 0.15) is 18.6 Å². The first kappa shape index (κ1) is 26.1. The average Bonchev–Trinajstić information content (AvgIpc) is 2.72. The summed E-state index contributed by atoms with van der Waals surface area (Å²) in [6.45, 7) is 13.8. The van der Waals surface area contributed by atoms with E-state index in [0.29, 0.717) is 6.61 Å². The van der Waals surface area contributed by atoms with Crippen molar-refractivity contribution in [2.24, 2.45) is 5.41 Å². The molecular weight excluding hydrogens is 418 g/mol. The molecule has 0 fully saturated rings. The maximum Gasteiger partial charge on any atom is 0.309 e. The molecule has 0 aliphatic carbocycles. The molecule has 1 N–H and O–H groups in total. The minimum Gasteiger partial charge on any atom is -0.492 e. The lowest BCUT2D eigenvalue weighted by Crippen LogP contribution is -2.49. The normalized spacial score (nSPS) is 14.6. The molecular formula is C26H39NO4Si. The van der Waals surface area contributed by atoms with E-state index in [1.807, 2.05) is 24.3 Å². The molecule has 3 atom stereocenters. The standard InChI is InChI=1S/C26H39NO4Si/c1-19(18-30-22-15-13-20(14-16-22)17-23(28)29-5)27-25(31-32(6)7)24(26(2,3)4)21-11-9-8-10-12-21/h8-16,19,24-25,27,32H,17-18H2,1-7H3/t19-,24-,25?/m0/s1. The summed E-state index contributed by atoms with van der Waals surface area (Å²) in [4.78, 5) is 11.4. The summed E-state index contributed by atoms with van der Waals surface area (Å²) in [5.41, 5.74) is 2.21. The van der Waals surface area contributed by atoms with Gasteiger partial charge in [0.2, 0.25) is 0 Å². The number of esters is 1. The molecule has 0 aliphatic rings. The van der Waals surface area contributed by atoms with Gasteiger partial charge in [-0.05, 0) is 48.7 Å². The average molecular weight is 458 g/mol. The molecule has 0 amide bonds. The first-order valence-corrected chi connectivity index (χ1v) is 14.1. The number of rotatable bonds is 11. The first-order valence-electron chi connectivity index (χ1n) is 11.3. The molecule has 0 saturated carbocycles. The Morgan fingerprint density at radius 1 is 1.03 bits per heavy atom. The Kier molecular flexibility index (Phi) is 9.94. The smallest absolute Gasteiger partial charge is 0.309 e. The van der Waals surface area contributed by atoms with E-state index in [1.165, 1.54) is 12.7 Å². The molecule has 0 bridgehead atoms. The monoisotopic (exact) mass is 457 g/mol. The Balaban J connectivity index is 2.05. The first-order chi connectivity index (χ1) is 15.1. The van der Waals surface area contributed by atoms with Crippen molar-refractivity contribution in [1.82, 2.24) is 5.32 Å². The van der Waals surface area contributed by atoms with Crippen LogP contribution in [0.4, 0.5) is 0 Å². The summed E-state index contributed by atoms with van der Waals surface area (Å²) in [7, 11) is 0.118. The van der Waals surface area contributed by atoms with Gasteiger partial charge < -0.3 is 13.9 Å². The lowest BCUT2D eigenvalue weighted by Gasteiger charge is -2.40. The lowest BCUT2D eigenvalue weighted by atomic mass is 9.75. The van der Waals surface area contributed by atoms with Crippen molar-refractivity contribution in [3.8, 4) is 5.75 Å². The quantitative estimate of drug-likeness (QED) is 0.295.